The van der Waals surface area contributed by atoms with Gasteiger partial charge in [-0.2, -0.15) is 0 Å². The maximum absolute atomic E-state index is 5.67. The summed E-state index contributed by atoms with van der Waals surface area (Å²) in [4.78, 5) is 13.8. The second-order valence-electron chi connectivity index (χ2n) is 7.08. The molecule has 0 amide bonds. The average Bonchev–Trinajstić information content (AvgIpc) is 2.86. The first kappa shape index (κ1) is 17.6. The van der Waals surface area contributed by atoms with E-state index in [9.17, 15) is 0 Å². The molecule has 6 heteroatoms. The number of aromatic nitrogens is 2. The summed E-state index contributed by atoms with van der Waals surface area (Å²) in [5, 5.41) is 3.66. The summed E-state index contributed by atoms with van der Waals surface area (Å²) >= 11 is 0. The lowest BCUT2D eigenvalue weighted by Crippen LogP contribution is -2.45. The molecule has 1 aromatic rings. The van der Waals surface area contributed by atoms with E-state index >= 15 is 0 Å². The van der Waals surface area contributed by atoms with Crippen LogP contribution in [0.4, 0.5) is 5.95 Å². The number of nitrogens with one attached hydrogen (secondary N) is 1. The molecule has 2 atom stereocenters. The molecular weight excluding hydrogens is 302 g/mol. The fourth-order valence-electron chi connectivity index (χ4n) is 3.65. The molecule has 24 heavy (non-hydrogen) atoms. The van der Waals surface area contributed by atoms with Gasteiger partial charge < -0.3 is 19.9 Å². The number of methoxy groups -OCH3 is 1. The highest BCUT2D eigenvalue weighted by Gasteiger charge is 2.23. The fraction of sp³-hybridized carbons (Fsp3) is 0.778. The third-order valence-corrected chi connectivity index (χ3v) is 5.30. The van der Waals surface area contributed by atoms with Crippen molar-refractivity contribution in [3.8, 4) is 0 Å². The molecule has 0 radical (unpaired) electrons. The fourth-order valence-corrected chi connectivity index (χ4v) is 3.65. The lowest BCUT2D eigenvalue weighted by Gasteiger charge is -2.32. The van der Waals surface area contributed by atoms with Crippen LogP contribution in [-0.2, 0) is 11.3 Å². The monoisotopic (exact) mass is 333 g/mol. The Morgan fingerprint density at radius 3 is 2.50 bits per heavy atom. The zero-order valence-corrected chi connectivity index (χ0v) is 15.1. The largest absolute Gasteiger partial charge is 0.380 e. The molecule has 134 valence electrons. The molecule has 1 aromatic heterocycles. The van der Waals surface area contributed by atoms with E-state index in [1.54, 1.807) is 0 Å². The predicted molar refractivity (Wildman–Crippen MR) is 96.3 cm³/mol. The van der Waals surface area contributed by atoms with Crippen LogP contribution in [0.2, 0.25) is 0 Å². The number of nitrogens with zero attached hydrogens (tertiary/aromatic N) is 4. The van der Waals surface area contributed by atoms with Crippen molar-refractivity contribution in [2.75, 3.05) is 45.2 Å². The smallest absolute Gasteiger partial charge is 0.225 e. The molecule has 6 nitrogen and oxygen atoms in total. The molecule has 3 rings (SSSR count). The van der Waals surface area contributed by atoms with E-state index < -0.39 is 0 Å². The number of ether oxygens (including phenoxy) is 1. The Bertz CT molecular complexity index is 487. The van der Waals surface area contributed by atoms with Crippen LogP contribution in [0.3, 0.4) is 0 Å². The summed E-state index contributed by atoms with van der Waals surface area (Å²) in [5.41, 5.74) is 1.15. The summed E-state index contributed by atoms with van der Waals surface area (Å²) in [6.45, 7) is 4.98. The Morgan fingerprint density at radius 1 is 1.08 bits per heavy atom. The van der Waals surface area contributed by atoms with Gasteiger partial charge in [0.25, 0.3) is 0 Å². The van der Waals surface area contributed by atoms with Gasteiger partial charge in [-0.1, -0.05) is 19.3 Å². The standard InChI is InChI=1S/C18H31N5O/c1-22-8-10-23(11-9-22)18-20-13-15(14-21-18)12-19-16-6-4-3-5-7-17(16)24-2/h13-14,16-17,19H,3-12H2,1-2H3/t16-,17-/m1/s1. The summed E-state index contributed by atoms with van der Waals surface area (Å²) in [6.07, 6.45) is 10.5. The Balaban J connectivity index is 1.52. The molecule has 1 aliphatic carbocycles. The topological polar surface area (TPSA) is 53.5 Å². The highest BCUT2D eigenvalue weighted by atomic mass is 16.5. The van der Waals surface area contributed by atoms with Gasteiger partial charge in [0.05, 0.1) is 6.10 Å². The number of hydrogen-bond donors (Lipinski definition) is 1. The van der Waals surface area contributed by atoms with Gasteiger partial charge in [0.1, 0.15) is 0 Å². The van der Waals surface area contributed by atoms with Gasteiger partial charge >= 0.3 is 0 Å². The van der Waals surface area contributed by atoms with Crippen molar-refractivity contribution < 1.29 is 4.74 Å². The van der Waals surface area contributed by atoms with Crippen molar-refractivity contribution in [3.05, 3.63) is 18.0 Å². The minimum absolute atomic E-state index is 0.332. The maximum atomic E-state index is 5.67. The van der Waals surface area contributed by atoms with Crippen molar-refractivity contribution in [1.82, 2.24) is 20.2 Å². The zero-order valence-electron chi connectivity index (χ0n) is 15.1. The first-order chi connectivity index (χ1) is 11.8. The van der Waals surface area contributed by atoms with Gasteiger partial charge in [0, 0.05) is 63.8 Å². The molecule has 0 bridgehead atoms. The van der Waals surface area contributed by atoms with Gasteiger partial charge in [-0.25, -0.2) is 9.97 Å². The van der Waals surface area contributed by atoms with Crippen LogP contribution in [0.15, 0.2) is 12.4 Å². The Hall–Kier alpha value is -1.24. The Labute approximate surface area is 145 Å². The van der Waals surface area contributed by atoms with Crippen LogP contribution in [0.5, 0.6) is 0 Å². The quantitative estimate of drug-likeness (QED) is 0.827. The van der Waals surface area contributed by atoms with E-state index in [1.165, 1.54) is 25.7 Å². The summed E-state index contributed by atoms with van der Waals surface area (Å²) in [6, 6.07) is 0.440. The van der Waals surface area contributed by atoms with Gasteiger partial charge in [-0.3, -0.25) is 0 Å². The van der Waals surface area contributed by atoms with Gasteiger partial charge in [0.15, 0.2) is 0 Å². The molecule has 2 heterocycles. The summed E-state index contributed by atoms with van der Waals surface area (Å²) < 4.78 is 5.67. The number of piperazine rings is 1. The zero-order chi connectivity index (χ0) is 16.8. The lowest BCUT2D eigenvalue weighted by atomic mass is 10.1. The number of likely N-dealkylation sites (N-methyl/N-ethyl adjacent to an activating group) is 1. The third-order valence-electron chi connectivity index (χ3n) is 5.30. The minimum atomic E-state index is 0.332. The van der Waals surface area contributed by atoms with Crippen LogP contribution in [0.25, 0.3) is 0 Å². The molecule has 1 aliphatic heterocycles. The second-order valence-corrected chi connectivity index (χ2v) is 7.08. The first-order valence-corrected chi connectivity index (χ1v) is 9.27. The molecule has 1 N–H and O–H groups in total. The van der Waals surface area contributed by atoms with Crippen LogP contribution in [0.1, 0.15) is 37.7 Å². The number of anilines is 1. The van der Waals surface area contributed by atoms with E-state index in [2.05, 4.69) is 32.1 Å². The molecule has 0 unspecified atom stereocenters. The molecule has 0 spiro atoms. The summed E-state index contributed by atoms with van der Waals surface area (Å²) in [7, 11) is 3.99. The third kappa shape index (κ3) is 4.65. The number of hydrogen-bond acceptors (Lipinski definition) is 6. The van der Waals surface area contributed by atoms with Crippen molar-refractivity contribution in [2.45, 2.75) is 50.8 Å². The van der Waals surface area contributed by atoms with Crippen molar-refractivity contribution in [1.29, 1.82) is 0 Å². The second kappa shape index (κ2) is 8.74. The van der Waals surface area contributed by atoms with Gasteiger partial charge in [-0.15, -0.1) is 0 Å². The van der Waals surface area contributed by atoms with E-state index in [1.807, 2.05) is 19.5 Å². The molecule has 1 saturated carbocycles. The van der Waals surface area contributed by atoms with E-state index in [0.29, 0.717) is 12.1 Å². The lowest BCUT2D eigenvalue weighted by molar-refractivity contribution is 0.0625. The molecule has 1 saturated heterocycles. The first-order valence-electron chi connectivity index (χ1n) is 9.27. The molecular formula is C18H31N5O. The highest BCUT2D eigenvalue weighted by molar-refractivity contribution is 5.30. The predicted octanol–water partition coefficient (Wildman–Crippen LogP) is 1.67. The van der Waals surface area contributed by atoms with E-state index in [4.69, 9.17) is 4.74 Å². The minimum Gasteiger partial charge on any atom is -0.380 e. The molecule has 2 fully saturated rings. The van der Waals surface area contributed by atoms with Crippen molar-refractivity contribution in [2.24, 2.45) is 0 Å². The maximum Gasteiger partial charge on any atom is 0.225 e. The molecule has 0 aromatic carbocycles. The SMILES string of the molecule is CO[C@@H]1CCCCC[C@H]1NCc1cnc(N2CCN(C)CC2)nc1. The Morgan fingerprint density at radius 2 is 1.79 bits per heavy atom. The summed E-state index contributed by atoms with van der Waals surface area (Å²) in [5.74, 6) is 0.857. The van der Waals surface area contributed by atoms with E-state index in [-0.39, 0.29) is 0 Å². The highest BCUT2D eigenvalue weighted by Crippen LogP contribution is 2.20. The van der Waals surface area contributed by atoms with Gasteiger partial charge in [-0.05, 0) is 19.9 Å². The van der Waals surface area contributed by atoms with Crippen molar-refractivity contribution >= 4 is 5.95 Å². The van der Waals surface area contributed by atoms with Crippen molar-refractivity contribution in [3.63, 3.8) is 0 Å². The van der Waals surface area contributed by atoms with Crippen LogP contribution < -0.4 is 10.2 Å². The average molecular weight is 333 g/mol. The van der Waals surface area contributed by atoms with Crippen LogP contribution in [-0.4, -0.2) is 67.4 Å². The normalized spacial score (nSPS) is 26.3. The Kier molecular flexibility index (Phi) is 6.40. The van der Waals surface area contributed by atoms with E-state index in [0.717, 1.165) is 50.7 Å². The molecule has 2 aliphatic rings. The van der Waals surface area contributed by atoms with Crippen LogP contribution in [0, 0.1) is 0 Å². The van der Waals surface area contributed by atoms with Crippen LogP contribution >= 0.6 is 0 Å². The number of rotatable bonds is 5. The van der Waals surface area contributed by atoms with Gasteiger partial charge in [0.2, 0.25) is 5.95 Å².